The highest BCUT2D eigenvalue weighted by molar-refractivity contribution is 5.90. The second-order valence-corrected chi connectivity index (χ2v) is 3.78. The van der Waals surface area contributed by atoms with Gasteiger partial charge in [0.1, 0.15) is 5.82 Å². The SMILES string of the molecule is Cc1ccc(-c2cnn(C)c2N)c(C=O)c1. The quantitative estimate of drug-likeness (QED) is 0.777. The molecule has 0 radical (unpaired) electrons. The number of nitrogens with two attached hydrogens (primary N) is 1. The van der Waals surface area contributed by atoms with E-state index >= 15 is 0 Å². The molecule has 0 aliphatic carbocycles. The lowest BCUT2D eigenvalue weighted by Crippen LogP contribution is -1.99. The van der Waals surface area contributed by atoms with Gasteiger partial charge in [-0.25, -0.2) is 0 Å². The van der Waals surface area contributed by atoms with Gasteiger partial charge in [0.05, 0.1) is 6.20 Å². The maximum absolute atomic E-state index is 11.0. The summed E-state index contributed by atoms with van der Waals surface area (Å²) in [5, 5.41) is 4.07. The van der Waals surface area contributed by atoms with Gasteiger partial charge in [0.15, 0.2) is 6.29 Å². The summed E-state index contributed by atoms with van der Waals surface area (Å²) in [7, 11) is 1.77. The number of rotatable bonds is 2. The predicted octanol–water partition coefficient (Wildman–Crippen LogP) is 1.79. The molecular weight excluding hydrogens is 202 g/mol. The molecule has 1 aromatic heterocycles. The summed E-state index contributed by atoms with van der Waals surface area (Å²) in [6.45, 7) is 1.95. The van der Waals surface area contributed by atoms with Crippen molar-refractivity contribution in [2.75, 3.05) is 5.73 Å². The van der Waals surface area contributed by atoms with Crippen molar-refractivity contribution in [2.24, 2.45) is 7.05 Å². The van der Waals surface area contributed by atoms with Crippen molar-refractivity contribution in [1.29, 1.82) is 0 Å². The third-order valence-electron chi connectivity index (χ3n) is 2.61. The number of anilines is 1. The summed E-state index contributed by atoms with van der Waals surface area (Å²) < 4.78 is 1.59. The van der Waals surface area contributed by atoms with Gasteiger partial charge in [-0.1, -0.05) is 17.7 Å². The highest BCUT2D eigenvalue weighted by Crippen LogP contribution is 2.28. The zero-order valence-electron chi connectivity index (χ0n) is 9.27. The summed E-state index contributed by atoms with van der Waals surface area (Å²) in [4.78, 5) is 11.0. The van der Waals surface area contributed by atoms with Crippen LogP contribution in [0.3, 0.4) is 0 Å². The lowest BCUT2D eigenvalue weighted by atomic mass is 10.0. The highest BCUT2D eigenvalue weighted by atomic mass is 16.1. The van der Waals surface area contributed by atoms with Crippen LogP contribution in [-0.2, 0) is 7.05 Å². The largest absolute Gasteiger partial charge is 0.383 e. The van der Waals surface area contributed by atoms with E-state index in [2.05, 4.69) is 5.10 Å². The van der Waals surface area contributed by atoms with E-state index in [0.29, 0.717) is 11.4 Å². The standard InChI is InChI=1S/C12H13N3O/c1-8-3-4-10(9(5-8)7-16)11-6-14-15(2)12(11)13/h3-7H,13H2,1-2H3. The monoisotopic (exact) mass is 215 g/mol. The van der Waals surface area contributed by atoms with Crippen molar-refractivity contribution in [3.63, 3.8) is 0 Å². The molecule has 16 heavy (non-hydrogen) atoms. The summed E-state index contributed by atoms with van der Waals surface area (Å²) in [6.07, 6.45) is 2.52. The Morgan fingerprint density at radius 3 is 2.69 bits per heavy atom. The average Bonchev–Trinajstić information content (AvgIpc) is 2.60. The highest BCUT2D eigenvalue weighted by Gasteiger charge is 2.11. The number of hydrogen-bond donors (Lipinski definition) is 1. The molecule has 4 nitrogen and oxygen atoms in total. The van der Waals surface area contributed by atoms with Crippen molar-refractivity contribution in [3.05, 3.63) is 35.5 Å². The molecule has 2 rings (SSSR count). The van der Waals surface area contributed by atoms with E-state index in [-0.39, 0.29) is 0 Å². The van der Waals surface area contributed by atoms with Crippen LogP contribution < -0.4 is 5.73 Å². The van der Waals surface area contributed by atoms with Crippen LogP contribution in [-0.4, -0.2) is 16.1 Å². The van der Waals surface area contributed by atoms with E-state index in [0.717, 1.165) is 23.0 Å². The third kappa shape index (κ3) is 1.58. The number of aldehydes is 1. The molecule has 0 saturated heterocycles. The Labute approximate surface area is 93.7 Å². The Bertz CT molecular complexity index is 543. The number of hydrogen-bond acceptors (Lipinski definition) is 3. The molecule has 1 heterocycles. The van der Waals surface area contributed by atoms with Crippen LogP contribution >= 0.6 is 0 Å². The van der Waals surface area contributed by atoms with Crippen molar-refractivity contribution in [2.45, 2.75) is 6.92 Å². The number of aromatic nitrogens is 2. The smallest absolute Gasteiger partial charge is 0.150 e. The first-order valence-corrected chi connectivity index (χ1v) is 4.97. The fraction of sp³-hybridized carbons (Fsp3) is 0.167. The first-order chi connectivity index (χ1) is 7.63. The topological polar surface area (TPSA) is 60.9 Å². The van der Waals surface area contributed by atoms with E-state index in [9.17, 15) is 4.79 Å². The molecule has 0 bridgehead atoms. The van der Waals surface area contributed by atoms with E-state index in [1.165, 1.54) is 0 Å². The summed E-state index contributed by atoms with van der Waals surface area (Å²) in [5.74, 6) is 0.562. The van der Waals surface area contributed by atoms with E-state index < -0.39 is 0 Å². The van der Waals surface area contributed by atoms with Crippen LogP contribution in [0.2, 0.25) is 0 Å². The van der Waals surface area contributed by atoms with Crippen molar-refractivity contribution in [3.8, 4) is 11.1 Å². The molecular formula is C12H13N3O. The fourth-order valence-electron chi connectivity index (χ4n) is 1.68. The maximum atomic E-state index is 11.0. The predicted molar refractivity (Wildman–Crippen MR) is 63.2 cm³/mol. The van der Waals surface area contributed by atoms with Crippen LogP contribution in [0.1, 0.15) is 15.9 Å². The van der Waals surface area contributed by atoms with Gasteiger partial charge in [-0.3, -0.25) is 9.48 Å². The number of nitrogens with zero attached hydrogens (tertiary/aromatic N) is 2. The lowest BCUT2D eigenvalue weighted by Gasteiger charge is -2.05. The van der Waals surface area contributed by atoms with E-state index in [1.807, 2.05) is 25.1 Å². The number of carbonyl (C=O) groups is 1. The third-order valence-corrected chi connectivity index (χ3v) is 2.61. The first kappa shape index (κ1) is 10.4. The molecule has 82 valence electrons. The second-order valence-electron chi connectivity index (χ2n) is 3.78. The van der Waals surface area contributed by atoms with Crippen LogP contribution in [0.15, 0.2) is 24.4 Å². The van der Waals surface area contributed by atoms with Gasteiger partial charge in [-0.15, -0.1) is 0 Å². The van der Waals surface area contributed by atoms with Crippen molar-refractivity contribution in [1.82, 2.24) is 9.78 Å². The van der Waals surface area contributed by atoms with Gasteiger partial charge in [0.2, 0.25) is 0 Å². The van der Waals surface area contributed by atoms with Gasteiger partial charge in [0.25, 0.3) is 0 Å². The summed E-state index contributed by atoms with van der Waals surface area (Å²) >= 11 is 0. The van der Waals surface area contributed by atoms with Crippen LogP contribution in [0, 0.1) is 6.92 Å². The number of benzene rings is 1. The Hall–Kier alpha value is -2.10. The molecule has 0 aliphatic rings. The Balaban J connectivity index is 2.64. The van der Waals surface area contributed by atoms with Crippen molar-refractivity contribution < 1.29 is 4.79 Å². The molecule has 2 N–H and O–H groups in total. The Morgan fingerprint density at radius 1 is 1.38 bits per heavy atom. The molecule has 0 aliphatic heterocycles. The molecule has 2 aromatic rings. The number of aryl methyl sites for hydroxylation is 2. The normalized spacial score (nSPS) is 10.4. The van der Waals surface area contributed by atoms with Gasteiger partial charge in [0, 0.05) is 18.2 Å². The molecule has 0 unspecified atom stereocenters. The van der Waals surface area contributed by atoms with Gasteiger partial charge >= 0.3 is 0 Å². The van der Waals surface area contributed by atoms with E-state index in [1.54, 1.807) is 17.9 Å². The number of nitrogen functional groups attached to an aromatic ring is 1. The Kier molecular flexibility index (Phi) is 2.48. The van der Waals surface area contributed by atoms with Crippen molar-refractivity contribution >= 4 is 12.1 Å². The molecule has 0 saturated carbocycles. The average molecular weight is 215 g/mol. The first-order valence-electron chi connectivity index (χ1n) is 4.97. The maximum Gasteiger partial charge on any atom is 0.150 e. The Morgan fingerprint density at radius 2 is 2.12 bits per heavy atom. The van der Waals surface area contributed by atoms with Crippen LogP contribution in [0.25, 0.3) is 11.1 Å². The molecule has 4 heteroatoms. The van der Waals surface area contributed by atoms with Crippen LogP contribution in [0.4, 0.5) is 5.82 Å². The number of carbonyl (C=O) groups excluding carboxylic acids is 1. The van der Waals surface area contributed by atoms with Gasteiger partial charge in [-0.05, 0) is 18.6 Å². The molecule has 0 amide bonds. The second kappa shape index (κ2) is 3.81. The minimum absolute atomic E-state index is 0.562. The zero-order chi connectivity index (χ0) is 11.7. The zero-order valence-corrected chi connectivity index (χ0v) is 9.27. The molecule has 0 atom stereocenters. The molecule has 0 spiro atoms. The summed E-state index contributed by atoms with van der Waals surface area (Å²) in [6, 6.07) is 5.69. The van der Waals surface area contributed by atoms with Gasteiger partial charge in [-0.2, -0.15) is 5.10 Å². The molecule has 0 fully saturated rings. The minimum Gasteiger partial charge on any atom is -0.383 e. The lowest BCUT2D eigenvalue weighted by molar-refractivity contribution is 0.112. The molecule has 1 aromatic carbocycles. The van der Waals surface area contributed by atoms with Crippen LogP contribution in [0.5, 0.6) is 0 Å². The summed E-state index contributed by atoms with van der Waals surface area (Å²) in [5.41, 5.74) is 9.19. The van der Waals surface area contributed by atoms with Gasteiger partial charge < -0.3 is 5.73 Å². The minimum atomic E-state index is 0.562. The van der Waals surface area contributed by atoms with E-state index in [4.69, 9.17) is 5.73 Å². The fourth-order valence-corrected chi connectivity index (χ4v) is 1.68.